The van der Waals surface area contributed by atoms with Crippen molar-refractivity contribution in [3.05, 3.63) is 63.9 Å². The molecular formula is C20H21FN4O3S. The second-order valence-electron chi connectivity index (χ2n) is 6.21. The van der Waals surface area contributed by atoms with E-state index in [0.717, 1.165) is 11.3 Å². The number of rotatable bonds is 8. The molecule has 0 atom stereocenters. The second kappa shape index (κ2) is 9.33. The predicted octanol–water partition coefficient (Wildman–Crippen LogP) is 3.26. The largest absolute Gasteiger partial charge is 0.493 e. The number of benzene rings is 2. The molecule has 0 saturated heterocycles. The summed E-state index contributed by atoms with van der Waals surface area (Å²) in [7, 11) is 5.09. The highest BCUT2D eigenvalue weighted by atomic mass is 32.1. The van der Waals surface area contributed by atoms with Crippen LogP contribution in [0.4, 0.5) is 10.1 Å². The van der Waals surface area contributed by atoms with Gasteiger partial charge in [-0.2, -0.15) is 0 Å². The summed E-state index contributed by atoms with van der Waals surface area (Å²) in [6, 6.07) is 11.6. The Bertz CT molecular complexity index is 978. The first-order valence-electron chi connectivity index (χ1n) is 8.78. The fraction of sp³-hybridized carbons (Fsp3) is 0.250. The van der Waals surface area contributed by atoms with Gasteiger partial charge in [-0.1, -0.05) is 23.5 Å². The Kier molecular flexibility index (Phi) is 6.61. The molecule has 0 saturated carbocycles. The molecule has 0 spiro atoms. The van der Waals surface area contributed by atoms with E-state index in [4.69, 9.17) is 9.47 Å². The molecule has 9 heteroatoms. The van der Waals surface area contributed by atoms with Crippen LogP contribution >= 0.6 is 11.3 Å². The first kappa shape index (κ1) is 20.5. The molecule has 0 aliphatic carbocycles. The van der Waals surface area contributed by atoms with Gasteiger partial charge in [-0.3, -0.25) is 4.79 Å². The zero-order valence-electron chi connectivity index (χ0n) is 16.3. The number of halogens is 1. The van der Waals surface area contributed by atoms with E-state index in [2.05, 4.69) is 15.5 Å². The summed E-state index contributed by atoms with van der Waals surface area (Å²) in [5.74, 6) is 0.662. The first-order chi connectivity index (χ1) is 14.0. The molecule has 152 valence electrons. The number of nitrogens with zero attached hydrogens (tertiary/aromatic N) is 3. The van der Waals surface area contributed by atoms with Gasteiger partial charge in [0.05, 0.1) is 20.8 Å². The van der Waals surface area contributed by atoms with Gasteiger partial charge in [0.25, 0.3) is 5.91 Å². The van der Waals surface area contributed by atoms with Crippen molar-refractivity contribution in [2.24, 2.45) is 0 Å². The van der Waals surface area contributed by atoms with Crippen molar-refractivity contribution >= 4 is 22.9 Å². The van der Waals surface area contributed by atoms with E-state index in [1.165, 1.54) is 23.5 Å². The summed E-state index contributed by atoms with van der Waals surface area (Å²) in [4.78, 5) is 14.3. The fourth-order valence-corrected chi connectivity index (χ4v) is 3.44. The maximum absolute atomic E-state index is 12.9. The van der Waals surface area contributed by atoms with Crippen molar-refractivity contribution in [3.8, 4) is 11.5 Å². The minimum atomic E-state index is -0.313. The van der Waals surface area contributed by atoms with E-state index in [-0.39, 0.29) is 16.7 Å². The third kappa shape index (κ3) is 5.20. The molecule has 1 aromatic heterocycles. The molecule has 3 rings (SSSR count). The van der Waals surface area contributed by atoms with Gasteiger partial charge in [0.15, 0.2) is 11.5 Å². The lowest BCUT2D eigenvalue weighted by Crippen LogP contribution is -2.22. The molecule has 1 amide bonds. The quantitative estimate of drug-likeness (QED) is 0.607. The molecule has 0 radical (unpaired) electrons. The van der Waals surface area contributed by atoms with Gasteiger partial charge in [-0.25, -0.2) is 4.39 Å². The van der Waals surface area contributed by atoms with Gasteiger partial charge in [-0.05, 0) is 29.8 Å². The third-order valence-corrected chi connectivity index (χ3v) is 5.11. The molecule has 29 heavy (non-hydrogen) atoms. The number of amides is 1. The maximum atomic E-state index is 12.9. The van der Waals surface area contributed by atoms with Crippen LogP contribution in [0.1, 0.15) is 20.4 Å². The highest BCUT2D eigenvalue weighted by Crippen LogP contribution is 2.31. The number of aromatic nitrogens is 2. The van der Waals surface area contributed by atoms with E-state index in [9.17, 15) is 9.18 Å². The van der Waals surface area contributed by atoms with Gasteiger partial charge >= 0.3 is 0 Å². The van der Waals surface area contributed by atoms with Crippen molar-refractivity contribution in [1.82, 2.24) is 15.5 Å². The first-order valence-corrected chi connectivity index (χ1v) is 9.60. The minimum absolute atomic E-state index is 0.280. The van der Waals surface area contributed by atoms with Crippen LogP contribution in [-0.2, 0) is 13.1 Å². The average Bonchev–Trinajstić information content (AvgIpc) is 3.21. The predicted molar refractivity (Wildman–Crippen MR) is 109 cm³/mol. The molecule has 1 N–H and O–H groups in total. The third-order valence-electron chi connectivity index (χ3n) is 4.21. The van der Waals surface area contributed by atoms with Crippen molar-refractivity contribution in [1.29, 1.82) is 0 Å². The Morgan fingerprint density at radius 1 is 1.10 bits per heavy atom. The topological polar surface area (TPSA) is 76.6 Å². The van der Waals surface area contributed by atoms with Crippen LogP contribution in [0.2, 0.25) is 0 Å². The number of hydrogen-bond acceptors (Lipinski definition) is 7. The summed E-state index contributed by atoms with van der Waals surface area (Å²) in [6.45, 7) is 0.776. The second-order valence-corrected chi connectivity index (χ2v) is 7.27. The zero-order chi connectivity index (χ0) is 20.8. The Labute approximate surface area is 172 Å². The van der Waals surface area contributed by atoms with Crippen LogP contribution in [-0.4, -0.2) is 37.4 Å². The number of methoxy groups -OCH3 is 2. The molecular weight excluding hydrogens is 395 g/mol. The standard InChI is InChI=1S/C20H21FN4O3S/c1-25(15-8-9-16(27-2)17(10-15)28-3)12-18-23-24-20(29-18)19(26)22-11-13-4-6-14(21)7-5-13/h4-10H,11-12H2,1-3H3,(H,22,26). The summed E-state index contributed by atoms with van der Waals surface area (Å²) in [5, 5.41) is 11.8. The van der Waals surface area contributed by atoms with Gasteiger partial charge in [0.1, 0.15) is 10.8 Å². The lowest BCUT2D eigenvalue weighted by molar-refractivity contribution is 0.0950. The van der Waals surface area contributed by atoms with Crippen LogP contribution in [0.5, 0.6) is 11.5 Å². The van der Waals surface area contributed by atoms with Crippen LogP contribution < -0.4 is 19.7 Å². The summed E-state index contributed by atoms with van der Waals surface area (Å²) in [6.07, 6.45) is 0. The SMILES string of the molecule is COc1ccc(N(C)Cc2nnc(C(=O)NCc3ccc(F)cc3)s2)cc1OC. The van der Waals surface area contributed by atoms with Crippen molar-refractivity contribution in [2.75, 3.05) is 26.2 Å². The number of anilines is 1. The minimum Gasteiger partial charge on any atom is -0.493 e. The van der Waals surface area contributed by atoms with Crippen LogP contribution in [0.25, 0.3) is 0 Å². The molecule has 0 bridgehead atoms. The van der Waals surface area contributed by atoms with Crippen molar-refractivity contribution < 1.29 is 18.7 Å². The normalized spacial score (nSPS) is 10.5. The number of carbonyl (C=O) groups is 1. The van der Waals surface area contributed by atoms with Gasteiger partial charge in [-0.15, -0.1) is 10.2 Å². The smallest absolute Gasteiger partial charge is 0.282 e. The van der Waals surface area contributed by atoms with Crippen LogP contribution in [0, 0.1) is 5.82 Å². The zero-order valence-corrected chi connectivity index (χ0v) is 17.1. The Morgan fingerprint density at radius 3 is 2.52 bits per heavy atom. The van der Waals surface area contributed by atoms with Crippen molar-refractivity contribution in [3.63, 3.8) is 0 Å². The molecule has 3 aromatic rings. The number of carbonyl (C=O) groups excluding carboxylic acids is 1. The highest BCUT2D eigenvalue weighted by molar-refractivity contribution is 7.13. The summed E-state index contributed by atoms with van der Waals surface area (Å²) in [5.41, 5.74) is 1.72. The van der Waals surface area contributed by atoms with E-state index in [1.807, 2.05) is 30.1 Å². The van der Waals surface area contributed by atoms with Crippen LogP contribution in [0.15, 0.2) is 42.5 Å². The lowest BCUT2D eigenvalue weighted by Gasteiger charge is -2.19. The Hall–Kier alpha value is -3.20. The average molecular weight is 416 g/mol. The monoisotopic (exact) mass is 416 g/mol. The number of hydrogen-bond donors (Lipinski definition) is 1. The molecule has 0 fully saturated rings. The van der Waals surface area contributed by atoms with E-state index in [1.54, 1.807) is 26.4 Å². The molecule has 0 aliphatic rings. The van der Waals surface area contributed by atoms with E-state index < -0.39 is 0 Å². The molecule has 2 aromatic carbocycles. The molecule has 0 aliphatic heterocycles. The van der Waals surface area contributed by atoms with Gasteiger partial charge < -0.3 is 19.7 Å². The summed E-state index contributed by atoms with van der Waals surface area (Å²) < 4.78 is 23.5. The van der Waals surface area contributed by atoms with Gasteiger partial charge in [0, 0.05) is 25.3 Å². The number of nitrogens with one attached hydrogen (secondary N) is 1. The Balaban J connectivity index is 1.60. The molecule has 0 unspecified atom stereocenters. The molecule has 7 nitrogen and oxygen atoms in total. The van der Waals surface area contributed by atoms with Crippen LogP contribution in [0.3, 0.4) is 0 Å². The lowest BCUT2D eigenvalue weighted by atomic mass is 10.2. The fourth-order valence-electron chi connectivity index (χ4n) is 2.63. The highest BCUT2D eigenvalue weighted by Gasteiger charge is 2.15. The maximum Gasteiger partial charge on any atom is 0.282 e. The molecule has 1 heterocycles. The summed E-state index contributed by atoms with van der Waals surface area (Å²) >= 11 is 1.23. The van der Waals surface area contributed by atoms with E-state index >= 15 is 0 Å². The van der Waals surface area contributed by atoms with Crippen molar-refractivity contribution in [2.45, 2.75) is 13.1 Å². The van der Waals surface area contributed by atoms with Gasteiger partial charge in [0.2, 0.25) is 5.01 Å². The number of ether oxygens (including phenoxy) is 2. The van der Waals surface area contributed by atoms with E-state index in [0.29, 0.717) is 29.6 Å². The Morgan fingerprint density at radius 2 is 1.83 bits per heavy atom.